The Morgan fingerprint density at radius 1 is 1.62 bits per heavy atom. The van der Waals surface area contributed by atoms with Gasteiger partial charge in [-0.2, -0.15) is 0 Å². The van der Waals surface area contributed by atoms with E-state index in [0.717, 1.165) is 5.17 Å². The van der Waals surface area contributed by atoms with Crippen LogP contribution >= 0.6 is 11.8 Å². The van der Waals surface area contributed by atoms with Gasteiger partial charge in [0.25, 0.3) is 0 Å². The topological polar surface area (TPSA) is 64.9 Å². The van der Waals surface area contributed by atoms with Gasteiger partial charge < -0.3 is 15.5 Å². The van der Waals surface area contributed by atoms with E-state index in [1.807, 2.05) is 6.92 Å². The minimum atomic E-state index is -0.369. The molecular weight excluding hydrogens is 188 g/mol. The van der Waals surface area contributed by atoms with Gasteiger partial charge in [-0.1, -0.05) is 18.7 Å². The highest BCUT2D eigenvalue weighted by Crippen LogP contribution is 2.16. The molecular formula is C8H16N2O2S. The predicted octanol–water partition coefficient (Wildman–Crippen LogP) is -0.191. The van der Waals surface area contributed by atoms with Crippen LogP contribution in [0.3, 0.4) is 0 Å². The molecule has 0 spiro atoms. The molecule has 1 aliphatic heterocycles. The first-order valence-electron chi connectivity index (χ1n) is 4.40. The van der Waals surface area contributed by atoms with Crippen LogP contribution in [-0.2, 0) is 0 Å². The van der Waals surface area contributed by atoms with Crippen molar-refractivity contribution in [1.82, 2.24) is 5.32 Å². The van der Waals surface area contributed by atoms with E-state index in [4.69, 9.17) is 5.11 Å². The largest absolute Gasteiger partial charge is 0.392 e. The van der Waals surface area contributed by atoms with Crippen molar-refractivity contribution in [3.8, 4) is 0 Å². The highest BCUT2D eigenvalue weighted by atomic mass is 32.2. The van der Waals surface area contributed by atoms with E-state index in [9.17, 15) is 5.11 Å². The van der Waals surface area contributed by atoms with E-state index in [1.54, 1.807) is 6.92 Å². The molecule has 0 radical (unpaired) electrons. The van der Waals surface area contributed by atoms with Crippen LogP contribution in [0.15, 0.2) is 4.99 Å². The lowest BCUT2D eigenvalue weighted by atomic mass is 10.3. The first kappa shape index (κ1) is 10.8. The molecule has 0 aromatic carbocycles. The van der Waals surface area contributed by atoms with Gasteiger partial charge in [-0.15, -0.1) is 0 Å². The average molecular weight is 204 g/mol. The zero-order valence-corrected chi connectivity index (χ0v) is 8.71. The Balaban J connectivity index is 2.37. The van der Waals surface area contributed by atoms with Gasteiger partial charge in [-0.25, -0.2) is 0 Å². The minimum Gasteiger partial charge on any atom is -0.392 e. The number of nitrogens with one attached hydrogen (secondary N) is 1. The summed E-state index contributed by atoms with van der Waals surface area (Å²) in [7, 11) is 0. The SMILES string of the molecule is CC(O)C(C)SC1=NCC(O)CN1. The number of aliphatic hydroxyl groups is 2. The van der Waals surface area contributed by atoms with E-state index in [-0.39, 0.29) is 17.5 Å². The van der Waals surface area contributed by atoms with Crippen molar-refractivity contribution < 1.29 is 10.2 Å². The second-order valence-electron chi connectivity index (χ2n) is 3.24. The molecule has 5 heteroatoms. The van der Waals surface area contributed by atoms with Crippen molar-refractivity contribution in [2.45, 2.75) is 31.3 Å². The third kappa shape index (κ3) is 3.54. The molecule has 4 nitrogen and oxygen atoms in total. The number of hydrogen-bond acceptors (Lipinski definition) is 5. The monoisotopic (exact) mass is 204 g/mol. The van der Waals surface area contributed by atoms with Crippen molar-refractivity contribution in [3.05, 3.63) is 0 Å². The summed E-state index contributed by atoms with van der Waals surface area (Å²) >= 11 is 1.51. The van der Waals surface area contributed by atoms with E-state index in [2.05, 4.69) is 10.3 Å². The zero-order valence-electron chi connectivity index (χ0n) is 7.90. The summed E-state index contributed by atoms with van der Waals surface area (Å²) in [6, 6.07) is 0. The average Bonchev–Trinajstić information content (AvgIpc) is 2.08. The van der Waals surface area contributed by atoms with E-state index < -0.39 is 0 Å². The number of rotatable bonds is 2. The number of nitrogens with zero attached hydrogens (tertiary/aromatic N) is 1. The molecule has 0 aromatic rings. The maximum atomic E-state index is 9.25. The predicted molar refractivity (Wildman–Crippen MR) is 55.0 cm³/mol. The number of hydrogen-bond donors (Lipinski definition) is 3. The standard InChI is InChI=1S/C8H16N2O2S/c1-5(11)6(2)13-8-9-3-7(12)4-10-8/h5-7,11-12H,3-4H2,1-2H3,(H,9,10). The maximum absolute atomic E-state index is 9.25. The molecule has 3 atom stereocenters. The minimum absolute atomic E-state index is 0.126. The normalized spacial score (nSPS) is 27.4. The van der Waals surface area contributed by atoms with Crippen LogP contribution < -0.4 is 5.32 Å². The first-order valence-corrected chi connectivity index (χ1v) is 5.28. The molecule has 0 aromatic heterocycles. The van der Waals surface area contributed by atoms with E-state index >= 15 is 0 Å². The van der Waals surface area contributed by atoms with Gasteiger partial charge in [0, 0.05) is 11.8 Å². The smallest absolute Gasteiger partial charge is 0.157 e. The molecule has 1 rings (SSSR count). The summed E-state index contributed by atoms with van der Waals surface area (Å²) in [4.78, 5) is 4.14. The Hall–Kier alpha value is -0.260. The van der Waals surface area contributed by atoms with E-state index in [0.29, 0.717) is 13.1 Å². The summed E-state index contributed by atoms with van der Waals surface area (Å²) in [6.45, 7) is 4.72. The third-order valence-corrected chi connectivity index (χ3v) is 3.17. The van der Waals surface area contributed by atoms with Crippen LogP contribution in [0.2, 0.25) is 0 Å². The second-order valence-corrected chi connectivity index (χ2v) is 4.61. The number of aliphatic hydroxyl groups excluding tert-OH is 2. The molecule has 3 unspecified atom stereocenters. The molecule has 3 N–H and O–H groups in total. The Kier molecular flexibility index (Phi) is 4.02. The van der Waals surface area contributed by atoms with Gasteiger partial charge in [0.15, 0.2) is 5.17 Å². The third-order valence-electron chi connectivity index (χ3n) is 1.91. The summed E-state index contributed by atoms with van der Waals surface area (Å²) < 4.78 is 0. The number of amidine groups is 1. The van der Waals surface area contributed by atoms with Gasteiger partial charge >= 0.3 is 0 Å². The lowest BCUT2D eigenvalue weighted by Crippen LogP contribution is -2.38. The molecule has 76 valence electrons. The molecule has 0 fully saturated rings. The van der Waals surface area contributed by atoms with Gasteiger partial charge in [-0.3, -0.25) is 4.99 Å². The summed E-state index contributed by atoms with van der Waals surface area (Å²) in [5.74, 6) is 0. The van der Waals surface area contributed by atoms with Gasteiger partial charge in [0.1, 0.15) is 0 Å². The first-order chi connectivity index (χ1) is 6.09. The fourth-order valence-electron chi connectivity index (χ4n) is 0.867. The molecule has 0 saturated carbocycles. The molecule has 0 amide bonds. The molecule has 0 bridgehead atoms. The summed E-state index contributed by atoms with van der Waals surface area (Å²) in [6.07, 6.45) is -0.715. The Bertz CT molecular complexity index is 197. The van der Waals surface area contributed by atoms with Gasteiger partial charge in [0.2, 0.25) is 0 Å². The van der Waals surface area contributed by atoms with Crippen molar-refractivity contribution >= 4 is 16.9 Å². The van der Waals surface area contributed by atoms with Crippen molar-refractivity contribution in [2.24, 2.45) is 4.99 Å². The second kappa shape index (κ2) is 4.83. The van der Waals surface area contributed by atoms with Crippen LogP contribution in [0.4, 0.5) is 0 Å². The zero-order chi connectivity index (χ0) is 9.84. The van der Waals surface area contributed by atoms with Crippen LogP contribution in [0.1, 0.15) is 13.8 Å². The summed E-state index contributed by atoms with van der Waals surface area (Å²) in [5, 5.41) is 22.3. The quantitative estimate of drug-likeness (QED) is 0.583. The van der Waals surface area contributed by atoms with Crippen molar-refractivity contribution in [2.75, 3.05) is 13.1 Å². The van der Waals surface area contributed by atoms with Crippen LogP contribution in [0, 0.1) is 0 Å². The lowest BCUT2D eigenvalue weighted by Gasteiger charge is -2.21. The van der Waals surface area contributed by atoms with Crippen molar-refractivity contribution in [3.63, 3.8) is 0 Å². The highest BCUT2D eigenvalue weighted by molar-refractivity contribution is 8.14. The summed E-state index contributed by atoms with van der Waals surface area (Å²) in [5.41, 5.74) is 0. The number of aliphatic imine (C=N–C) groups is 1. The number of β-amino-alcohol motifs (C(OH)–C–C–N with tert-alkyl or cyclic N) is 1. The molecule has 0 saturated heterocycles. The Labute approximate surface area is 82.4 Å². The highest BCUT2D eigenvalue weighted by Gasteiger charge is 2.17. The fraction of sp³-hybridized carbons (Fsp3) is 0.875. The molecule has 1 aliphatic rings. The van der Waals surface area contributed by atoms with Crippen molar-refractivity contribution in [1.29, 1.82) is 0 Å². The lowest BCUT2D eigenvalue weighted by molar-refractivity contribution is 0.182. The Morgan fingerprint density at radius 2 is 2.31 bits per heavy atom. The van der Waals surface area contributed by atoms with Crippen LogP contribution in [0.5, 0.6) is 0 Å². The number of thioether (sulfide) groups is 1. The molecule has 1 heterocycles. The maximum Gasteiger partial charge on any atom is 0.157 e. The molecule has 0 aliphatic carbocycles. The molecule has 13 heavy (non-hydrogen) atoms. The van der Waals surface area contributed by atoms with Crippen LogP contribution in [0.25, 0.3) is 0 Å². The van der Waals surface area contributed by atoms with E-state index in [1.165, 1.54) is 11.8 Å². The Morgan fingerprint density at radius 3 is 2.77 bits per heavy atom. The van der Waals surface area contributed by atoms with Gasteiger partial charge in [0.05, 0.1) is 18.8 Å². The van der Waals surface area contributed by atoms with Gasteiger partial charge in [-0.05, 0) is 6.92 Å². The fourth-order valence-corrected chi connectivity index (χ4v) is 1.73. The van der Waals surface area contributed by atoms with Crippen LogP contribution in [-0.4, -0.2) is 45.9 Å².